The van der Waals surface area contributed by atoms with Crippen molar-refractivity contribution in [3.63, 3.8) is 0 Å². The summed E-state index contributed by atoms with van der Waals surface area (Å²) in [6.07, 6.45) is -1.92. The Kier molecular flexibility index (Phi) is 9.74. The molecule has 1 aromatic carbocycles. The van der Waals surface area contributed by atoms with Gasteiger partial charge in [-0.2, -0.15) is 9.97 Å². The fraction of sp³-hybridized carbons (Fsp3) is 0.520. The lowest BCUT2D eigenvalue weighted by Crippen LogP contribution is -2.40. The molecule has 13 nitrogen and oxygen atoms in total. The molecule has 0 radical (unpaired) electrons. The summed E-state index contributed by atoms with van der Waals surface area (Å²) in [6, 6.07) is 7.97. The minimum absolute atomic E-state index is 0.0210. The molecule has 4 N–H and O–H groups in total. The maximum atomic E-state index is 12.5. The van der Waals surface area contributed by atoms with E-state index in [1.807, 2.05) is 13.0 Å². The van der Waals surface area contributed by atoms with Crippen molar-refractivity contribution in [1.82, 2.24) is 24.6 Å². The standard InChI is InChI=1S/C25H34ClN6O7PS/c1-6-35-21-18-20(29-24(27)30-21)32(13-28-18)23-25(5,26)19(33)17(38-23)12-36-40(41,39-16-10-8-7-9-11-16)31-15(4)22(34)37-14(2)3/h7-11,13-15,17,19,23,33H,6,12H2,1-5H3,(H,31,41)(H2,27,29,30)/t15-,17-,19-,23-,25-,40-/m1/s1. The van der Waals surface area contributed by atoms with E-state index in [4.69, 9.17) is 52.4 Å². The summed E-state index contributed by atoms with van der Waals surface area (Å²) in [5.41, 5.74) is 6.59. The predicted molar refractivity (Wildman–Crippen MR) is 156 cm³/mol. The van der Waals surface area contributed by atoms with Crippen LogP contribution in [0.1, 0.15) is 40.8 Å². The molecule has 41 heavy (non-hydrogen) atoms. The number of anilines is 1. The van der Waals surface area contributed by atoms with Crippen LogP contribution in [0.3, 0.4) is 0 Å². The van der Waals surface area contributed by atoms with Crippen LogP contribution in [0.4, 0.5) is 5.95 Å². The number of hydrogen-bond donors (Lipinski definition) is 3. The van der Waals surface area contributed by atoms with Gasteiger partial charge < -0.3 is 34.1 Å². The van der Waals surface area contributed by atoms with Gasteiger partial charge in [0, 0.05) is 0 Å². The van der Waals surface area contributed by atoms with E-state index in [-0.39, 0.29) is 24.5 Å². The molecule has 1 aliphatic heterocycles. The number of rotatable bonds is 12. The second-order valence-electron chi connectivity index (χ2n) is 9.80. The monoisotopic (exact) mass is 628 g/mol. The molecule has 2 aromatic heterocycles. The van der Waals surface area contributed by atoms with Gasteiger partial charge >= 0.3 is 12.6 Å². The van der Waals surface area contributed by atoms with Gasteiger partial charge in [0.2, 0.25) is 11.8 Å². The maximum absolute atomic E-state index is 12.5. The van der Waals surface area contributed by atoms with Crippen molar-refractivity contribution in [3.8, 4) is 11.6 Å². The highest BCUT2D eigenvalue weighted by Gasteiger charge is 2.54. The fourth-order valence-corrected chi connectivity index (χ4v) is 6.89. The van der Waals surface area contributed by atoms with Crippen LogP contribution in [0.2, 0.25) is 0 Å². The largest absolute Gasteiger partial charge is 0.476 e. The molecular weight excluding hydrogens is 595 g/mol. The molecule has 3 heterocycles. The number of imidazole rings is 1. The van der Waals surface area contributed by atoms with Crippen LogP contribution in [0, 0.1) is 0 Å². The molecule has 0 bridgehead atoms. The Morgan fingerprint density at radius 2 is 2.02 bits per heavy atom. The van der Waals surface area contributed by atoms with Gasteiger partial charge in [-0.3, -0.25) is 9.36 Å². The third kappa shape index (κ3) is 7.08. The van der Waals surface area contributed by atoms with E-state index in [0.717, 1.165) is 0 Å². The number of nitrogens with two attached hydrogens (primary N) is 1. The highest BCUT2D eigenvalue weighted by Crippen LogP contribution is 2.49. The molecule has 1 aliphatic rings. The van der Waals surface area contributed by atoms with E-state index in [9.17, 15) is 9.90 Å². The number of carbonyl (C=O) groups excluding carboxylic acids is 1. The number of aliphatic hydroxyl groups is 1. The molecule has 224 valence electrons. The van der Waals surface area contributed by atoms with E-state index in [2.05, 4.69) is 20.0 Å². The number of benzene rings is 1. The first-order valence-electron chi connectivity index (χ1n) is 13.0. The van der Waals surface area contributed by atoms with E-state index in [0.29, 0.717) is 23.5 Å². The first kappa shape index (κ1) is 31.4. The number of fused-ring (bicyclic) bond motifs is 1. The number of alkyl halides is 1. The molecule has 0 unspecified atom stereocenters. The molecule has 0 saturated carbocycles. The van der Waals surface area contributed by atoms with Crippen LogP contribution < -0.4 is 20.1 Å². The smallest absolute Gasteiger partial charge is 0.323 e. The van der Waals surface area contributed by atoms with Gasteiger partial charge in [-0.05, 0) is 58.6 Å². The Hall–Kier alpha value is -2.58. The predicted octanol–water partition coefficient (Wildman–Crippen LogP) is 3.31. The van der Waals surface area contributed by atoms with Gasteiger partial charge in [-0.15, -0.1) is 11.6 Å². The van der Waals surface area contributed by atoms with Gasteiger partial charge in [-0.1, -0.05) is 18.2 Å². The maximum Gasteiger partial charge on any atom is 0.323 e. The second kappa shape index (κ2) is 12.7. The van der Waals surface area contributed by atoms with Crippen LogP contribution >= 0.6 is 18.2 Å². The number of halogens is 1. The van der Waals surface area contributed by atoms with Gasteiger partial charge in [-0.25, -0.2) is 10.1 Å². The lowest BCUT2D eigenvalue weighted by molar-refractivity contribution is -0.149. The van der Waals surface area contributed by atoms with Gasteiger partial charge in [0.1, 0.15) is 28.9 Å². The summed E-state index contributed by atoms with van der Waals surface area (Å²) in [5, 5.41) is 14.2. The Labute approximate surface area is 247 Å². The van der Waals surface area contributed by atoms with Crippen LogP contribution in [-0.2, 0) is 30.6 Å². The highest BCUT2D eigenvalue weighted by atomic mass is 35.5. The summed E-state index contributed by atoms with van der Waals surface area (Å²) < 4.78 is 30.7. The number of hydrogen-bond acceptors (Lipinski definition) is 12. The lowest BCUT2D eigenvalue weighted by atomic mass is 10.0. The minimum atomic E-state index is -3.38. The van der Waals surface area contributed by atoms with Crippen molar-refractivity contribution in [2.75, 3.05) is 18.9 Å². The Balaban J connectivity index is 1.56. The molecule has 4 rings (SSSR count). The van der Waals surface area contributed by atoms with Crippen molar-refractivity contribution >= 4 is 53.1 Å². The number of nitrogen functional groups attached to an aromatic ring is 1. The van der Waals surface area contributed by atoms with E-state index in [1.54, 1.807) is 56.5 Å². The van der Waals surface area contributed by atoms with Crippen molar-refractivity contribution in [2.45, 2.75) is 70.1 Å². The van der Waals surface area contributed by atoms with Crippen molar-refractivity contribution in [2.24, 2.45) is 0 Å². The lowest BCUT2D eigenvalue weighted by Gasteiger charge is -2.28. The van der Waals surface area contributed by atoms with Crippen molar-refractivity contribution in [1.29, 1.82) is 0 Å². The van der Waals surface area contributed by atoms with Crippen LogP contribution in [0.25, 0.3) is 11.2 Å². The highest BCUT2D eigenvalue weighted by molar-refractivity contribution is 8.09. The molecule has 1 fully saturated rings. The second-order valence-corrected chi connectivity index (χ2v) is 13.8. The number of nitrogens with zero attached hydrogens (tertiary/aromatic N) is 4. The number of para-hydroxylation sites is 1. The van der Waals surface area contributed by atoms with Crippen molar-refractivity contribution in [3.05, 3.63) is 36.7 Å². The number of esters is 1. The first-order valence-corrected chi connectivity index (χ1v) is 16.0. The van der Waals surface area contributed by atoms with E-state index >= 15 is 0 Å². The molecule has 0 amide bonds. The molecule has 6 atom stereocenters. The van der Waals surface area contributed by atoms with Gasteiger partial charge in [0.25, 0.3) is 0 Å². The summed E-state index contributed by atoms with van der Waals surface area (Å²) in [5.74, 6) is 0.124. The van der Waals surface area contributed by atoms with E-state index < -0.39 is 42.0 Å². The summed E-state index contributed by atoms with van der Waals surface area (Å²) in [7, 11) is 0. The Morgan fingerprint density at radius 1 is 1.32 bits per heavy atom. The van der Waals surface area contributed by atoms with E-state index in [1.165, 1.54) is 6.33 Å². The quantitative estimate of drug-likeness (QED) is 0.152. The zero-order valence-electron chi connectivity index (χ0n) is 23.3. The van der Waals surface area contributed by atoms with Crippen molar-refractivity contribution < 1.29 is 33.2 Å². The number of nitrogens with one attached hydrogen (secondary N) is 1. The normalized spacial score (nSPS) is 24.7. The number of ether oxygens (including phenoxy) is 3. The first-order chi connectivity index (χ1) is 19.3. The third-order valence-corrected chi connectivity index (χ3v) is 9.00. The van der Waals surface area contributed by atoms with Crippen LogP contribution in [0.15, 0.2) is 36.7 Å². The van der Waals surface area contributed by atoms with Crippen LogP contribution in [0.5, 0.6) is 11.6 Å². The molecule has 3 aromatic rings. The third-order valence-electron chi connectivity index (χ3n) is 6.09. The number of carbonyl (C=O) groups is 1. The zero-order chi connectivity index (χ0) is 29.9. The summed E-state index contributed by atoms with van der Waals surface area (Å²) in [4.78, 5) is 23.9. The Morgan fingerprint density at radius 3 is 2.68 bits per heavy atom. The molecule has 16 heteroatoms. The van der Waals surface area contributed by atoms with Gasteiger partial charge in [0.15, 0.2) is 17.4 Å². The van der Waals surface area contributed by atoms with Gasteiger partial charge in [0.05, 0.1) is 25.6 Å². The summed E-state index contributed by atoms with van der Waals surface area (Å²) in [6.45, 7) is 5.29. The molecule has 0 spiro atoms. The average Bonchev–Trinajstić information content (AvgIpc) is 3.41. The molecule has 1 saturated heterocycles. The SMILES string of the molecule is CCOc1nc(N)nc2c1ncn2[C@@H]1O[C@H](CO[P@](=S)(N[C@H](C)C(=O)OC(C)C)Oc2ccccc2)[C@@H](O)[C@@]1(C)Cl. The zero-order valence-corrected chi connectivity index (χ0v) is 25.7. The topological polar surface area (TPSA) is 165 Å². The number of aliphatic hydroxyl groups excluding tert-OH is 1. The average molecular weight is 629 g/mol. The molecular formula is C25H34ClN6O7PS. The fourth-order valence-electron chi connectivity index (χ4n) is 4.17. The molecule has 0 aliphatic carbocycles. The Bertz CT molecular complexity index is 1410. The summed E-state index contributed by atoms with van der Waals surface area (Å²) >= 11 is 12.6. The van der Waals surface area contributed by atoms with Crippen LogP contribution in [-0.4, -0.2) is 73.0 Å². The number of aromatic nitrogens is 4. The minimum Gasteiger partial charge on any atom is -0.476 e.